The van der Waals surface area contributed by atoms with Gasteiger partial charge in [0.05, 0.1) is 0 Å². The lowest BCUT2D eigenvalue weighted by Gasteiger charge is -2.36. The summed E-state index contributed by atoms with van der Waals surface area (Å²) < 4.78 is 39.6. The van der Waals surface area contributed by atoms with E-state index in [-0.39, 0.29) is 5.82 Å². The van der Waals surface area contributed by atoms with Gasteiger partial charge in [-0.3, -0.25) is 4.90 Å². The number of aromatic nitrogens is 2. The van der Waals surface area contributed by atoms with Gasteiger partial charge in [-0.2, -0.15) is 13.2 Å². The Morgan fingerprint density at radius 2 is 1.67 bits per heavy atom. The summed E-state index contributed by atoms with van der Waals surface area (Å²) in [7, 11) is 0. The van der Waals surface area contributed by atoms with Gasteiger partial charge in [-0.25, -0.2) is 9.97 Å². The topological polar surface area (TPSA) is 32.3 Å². The highest BCUT2D eigenvalue weighted by molar-refractivity contribution is 5.42. The molecule has 2 heterocycles. The fourth-order valence-corrected chi connectivity index (χ4v) is 2.66. The molecule has 136 valence electrons. The molecular formula is C17H27F3N4. The molecule has 0 aromatic carbocycles. The Morgan fingerprint density at radius 3 is 2.17 bits per heavy atom. The first-order valence-corrected chi connectivity index (χ1v) is 8.55. The third-order valence-corrected chi connectivity index (χ3v) is 4.20. The highest BCUT2D eigenvalue weighted by atomic mass is 19.4. The van der Waals surface area contributed by atoms with Crippen molar-refractivity contribution in [3.63, 3.8) is 0 Å². The van der Waals surface area contributed by atoms with Crippen molar-refractivity contribution < 1.29 is 13.2 Å². The van der Waals surface area contributed by atoms with Gasteiger partial charge in [0.1, 0.15) is 17.3 Å². The summed E-state index contributed by atoms with van der Waals surface area (Å²) in [5.74, 6) is 0.623. The molecule has 24 heavy (non-hydrogen) atoms. The zero-order chi connectivity index (χ0) is 18.0. The minimum Gasteiger partial charge on any atom is -0.354 e. The number of nitrogens with zero attached hydrogens (tertiary/aromatic N) is 4. The number of halogens is 3. The van der Waals surface area contributed by atoms with E-state index in [9.17, 15) is 13.2 Å². The molecule has 0 bridgehead atoms. The number of hydrogen-bond acceptors (Lipinski definition) is 4. The molecule has 2 rings (SSSR count). The molecule has 0 radical (unpaired) electrons. The Kier molecular flexibility index (Phi) is 5.73. The molecule has 1 fully saturated rings. The lowest BCUT2D eigenvalue weighted by molar-refractivity contribution is -0.141. The van der Waals surface area contributed by atoms with Crippen LogP contribution >= 0.6 is 0 Å². The van der Waals surface area contributed by atoms with Crippen molar-refractivity contribution in [1.29, 1.82) is 0 Å². The summed E-state index contributed by atoms with van der Waals surface area (Å²) in [5, 5.41) is 0. The van der Waals surface area contributed by atoms with Crippen molar-refractivity contribution in [1.82, 2.24) is 14.9 Å². The molecule has 1 aromatic heterocycles. The molecule has 1 aromatic rings. The Hall–Kier alpha value is -1.37. The van der Waals surface area contributed by atoms with E-state index in [1.54, 1.807) is 0 Å². The lowest BCUT2D eigenvalue weighted by atomic mass is 9.95. The fraction of sp³-hybridized carbons (Fsp3) is 0.765. The first-order valence-electron chi connectivity index (χ1n) is 8.55. The monoisotopic (exact) mass is 344 g/mol. The molecule has 0 aliphatic carbocycles. The Bertz CT molecular complexity index is 511. The number of anilines is 1. The average Bonchev–Trinajstić information content (AvgIpc) is 2.51. The summed E-state index contributed by atoms with van der Waals surface area (Å²) in [6.07, 6.45) is -2.16. The minimum absolute atomic E-state index is 0.237. The second-order valence-electron chi connectivity index (χ2n) is 7.36. The van der Waals surface area contributed by atoms with E-state index in [4.69, 9.17) is 0 Å². The molecule has 1 aliphatic rings. The van der Waals surface area contributed by atoms with Gasteiger partial charge in [-0.05, 0) is 13.0 Å². The van der Waals surface area contributed by atoms with E-state index < -0.39 is 17.3 Å². The highest BCUT2D eigenvalue weighted by Gasteiger charge is 2.35. The predicted octanol–water partition coefficient (Wildman–Crippen LogP) is 3.72. The van der Waals surface area contributed by atoms with Gasteiger partial charge >= 0.3 is 6.18 Å². The van der Waals surface area contributed by atoms with E-state index >= 15 is 0 Å². The molecular weight excluding hydrogens is 317 g/mol. The second-order valence-corrected chi connectivity index (χ2v) is 7.36. The van der Waals surface area contributed by atoms with Crippen LogP contribution in [-0.2, 0) is 11.6 Å². The predicted molar refractivity (Wildman–Crippen MR) is 89.3 cm³/mol. The maximum Gasteiger partial charge on any atom is 0.433 e. The van der Waals surface area contributed by atoms with Crippen molar-refractivity contribution in [2.45, 2.75) is 52.1 Å². The third kappa shape index (κ3) is 4.82. The van der Waals surface area contributed by atoms with Crippen LogP contribution in [0, 0.1) is 0 Å². The first kappa shape index (κ1) is 19.0. The van der Waals surface area contributed by atoms with Crippen LogP contribution in [0.2, 0.25) is 0 Å². The van der Waals surface area contributed by atoms with Crippen LogP contribution in [0.1, 0.15) is 52.1 Å². The fourth-order valence-electron chi connectivity index (χ4n) is 2.66. The zero-order valence-corrected chi connectivity index (χ0v) is 14.9. The van der Waals surface area contributed by atoms with Crippen molar-refractivity contribution in [2.24, 2.45) is 0 Å². The Balaban J connectivity index is 2.21. The van der Waals surface area contributed by atoms with Crippen molar-refractivity contribution in [3.8, 4) is 0 Å². The van der Waals surface area contributed by atoms with Crippen LogP contribution in [0.3, 0.4) is 0 Å². The van der Waals surface area contributed by atoms with E-state index in [0.29, 0.717) is 18.9 Å². The van der Waals surface area contributed by atoms with Crippen LogP contribution in [0.4, 0.5) is 19.0 Å². The van der Waals surface area contributed by atoms with Gasteiger partial charge < -0.3 is 4.90 Å². The smallest absolute Gasteiger partial charge is 0.354 e. The summed E-state index contributed by atoms with van der Waals surface area (Å²) in [6, 6.07) is 1.08. The Labute approximate surface area is 142 Å². The maximum absolute atomic E-state index is 13.2. The molecule has 7 heteroatoms. The highest BCUT2D eigenvalue weighted by Crippen LogP contribution is 2.32. The van der Waals surface area contributed by atoms with Crippen molar-refractivity contribution in [3.05, 3.63) is 17.6 Å². The molecule has 0 atom stereocenters. The molecule has 0 saturated carbocycles. The average molecular weight is 344 g/mol. The van der Waals surface area contributed by atoms with Gasteiger partial charge in [-0.15, -0.1) is 0 Å². The van der Waals surface area contributed by atoms with E-state index in [0.717, 1.165) is 38.5 Å². The summed E-state index contributed by atoms with van der Waals surface area (Å²) in [5.41, 5.74) is -1.38. The summed E-state index contributed by atoms with van der Waals surface area (Å²) >= 11 is 0. The molecule has 0 amide bonds. The molecule has 0 spiro atoms. The SMILES string of the molecule is CCCCN1CCN(c2cc(C(F)(F)F)nc(C(C)(C)C)n2)CC1. The van der Waals surface area contributed by atoms with Crippen LogP contribution < -0.4 is 4.90 Å². The summed E-state index contributed by atoms with van der Waals surface area (Å²) in [6.45, 7) is 11.8. The van der Waals surface area contributed by atoms with Gasteiger partial charge in [0.25, 0.3) is 0 Å². The number of unbranched alkanes of at least 4 members (excludes halogenated alkanes) is 1. The Morgan fingerprint density at radius 1 is 1.04 bits per heavy atom. The van der Waals surface area contributed by atoms with Crippen LogP contribution in [0.5, 0.6) is 0 Å². The van der Waals surface area contributed by atoms with E-state index in [1.807, 2.05) is 25.7 Å². The number of rotatable bonds is 4. The molecule has 1 saturated heterocycles. The van der Waals surface area contributed by atoms with E-state index in [1.165, 1.54) is 0 Å². The van der Waals surface area contributed by atoms with Crippen molar-refractivity contribution in [2.75, 3.05) is 37.6 Å². The van der Waals surface area contributed by atoms with Crippen molar-refractivity contribution >= 4 is 5.82 Å². The molecule has 1 aliphatic heterocycles. The van der Waals surface area contributed by atoms with E-state index in [2.05, 4.69) is 21.8 Å². The maximum atomic E-state index is 13.2. The largest absolute Gasteiger partial charge is 0.433 e. The van der Waals surface area contributed by atoms with Crippen LogP contribution in [-0.4, -0.2) is 47.6 Å². The minimum atomic E-state index is -4.46. The number of hydrogen-bond donors (Lipinski definition) is 0. The molecule has 0 N–H and O–H groups in total. The molecule has 0 unspecified atom stereocenters. The standard InChI is InChI=1S/C17H27F3N4/c1-5-6-7-23-8-10-24(11-9-23)14-12-13(17(18,19)20)21-15(22-14)16(2,3)4/h12H,5-11H2,1-4H3. The van der Waals surface area contributed by atoms with Gasteiger partial charge in [0, 0.05) is 37.7 Å². The zero-order valence-electron chi connectivity index (χ0n) is 14.9. The summed E-state index contributed by atoms with van der Waals surface area (Å²) in [4.78, 5) is 12.5. The van der Waals surface area contributed by atoms with Gasteiger partial charge in [0.2, 0.25) is 0 Å². The normalized spacial score (nSPS) is 17.4. The van der Waals surface area contributed by atoms with Gasteiger partial charge in [0.15, 0.2) is 0 Å². The number of alkyl halides is 3. The molecule has 4 nitrogen and oxygen atoms in total. The lowest BCUT2D eigenvalue weighted by Crippen LogP contribution is -2.47. The quantitative estimate of drug-likeness (QED) is 0.833. The van der Waals surface area contributed by atoms with Crippen LogP contribution in [0.15, 0.2) is 6.07 Å². The number of piperazine rings is 1. The van der Waals surface area contributed by atoms with Gasteiger partial charge in [-0.1, -0.05) is 34.1 Å². The third-order valence-electron chi connectivity index (χ3n) is 4.20. The second kappa shape index (κ2) is 7.25. The first-order chi connectivity index (χ1) is 11.1. The van der Waals surface area contributed by atoms with Crippen LogP contribution in [0.25, 0.3) is 0 Å².